The normalized spacial score (nSPS) is 34.9. The Balaban J connectivity index is 0.000000156. The molecule has 1 saturated carbocycles. The molecule has 0 aromatic heterocycles. The Hall–Kier alpha value is -7.91. The maximum atomic E-state index is 13.4. The van der Waals surface area contributed by atoms with Gasteiger partial charge in [-0.15, -0.1) is 0 Å². The number of hydrogen-bond acceptors (Lipinski definition) is 26. The average molecular weight is 1200 g/mol. The van der Waals surface area contributed by atoms with Crippen molar-refractivity contribution in [2.45, 2.75) is 148 Å². The van der Waals surface area contributed by atoms with E-state index in [1.54, 1.807) is 6.92 Å². The molecule has 10 aliphatic rings. The predicted molar refractivity (Wildman–Crippen MR) is 260 cm³/mol. The van der Waals surface area contributed by atoms with Gasteiger partial charge >= 0.3 is 71.4 Å². The van der Waals surface area contributed by atoms with Gasteiger partial charge in [0, 0.05) is 0 Å². The monoisotopic (exact) mass is 1190 g/mol. The lowest BCUT2D eigenvalue weighted by molar-refractivity contribution is -0.672. The minimum Gasteiger partial charge on any atom is -0.452 e. The maximum Gasteiger partial charge on any atom is 0.417 e. The number of ketones is 3. The summed E-state index contributed by atoms with van der Waals surface area (Å²) >= 11 is 0. The summed E-state index contributed by atoms with van der Waals surface area (Å²) in [5, 5.41) is 91.4. The summed E-state index contributed by atoms with van der Waals surface area (Å²) < 4.78 is 94.0. The number of esters is 2. The molecule has 454 valence electrons. The van der Waals surface area contributed by atoms with Crippen molar-refractivity contribution in [1.82, 2.24) is 31.9 Å². The van der Waals surface area contributed by atoms with E-state index in [9.17, 15) is 86.1 Å². The second-order valence-electron chi connectivity index (χ2n) is 22.1. The molecule has 3 spiro atoms. The number of nitrogens with one attached hydrogen (secondary N) is 9. The molecule has 32 nitrogen and oxygen atoms in total. The lowest BCUT2D eigenvalue weighted by atomic mass is 9.70. The van der Waals surface area contributed by atoms with Crippen LogP contribution < -0.4 is 81.3 Å². The number of Topliss-reactive ketones (excluding diaryl/α,β-unsaturated/α-hetero) is 3. The molecule has 0 radical (unpaired) electrons. The van der Waals surface area contributed by atoms with Gasteiger partial charge in [0.05, 0.1) is 22.1 Å². The van der Waals surface area contributed by atoms with Crippen molar-refractivity contribution >= 4 is 65.0 Å². The van der Waals surface area contributed by atoms with Gasteiger partial charge in [-0.2, -0.15) is 26.3 Å². The number of aliphatic hydroxyl groups excluding tert-OH is 1. The first-order valence-electron chi connectivity index (χ1n) is 25.4. The molecule has 0 amide bonds. The number of aliphatic hydroxyl groups is 7. The second kappa shape index (κ2) is 19.1. The molecule has 3 saturated heterocycles. The fourth-order valence-corrected chi connectivity index (χ4v) is 12.7. The zero-order valence-electron chi connectivity index (χ0n) is 44.2. The predicted octanol–water partition coefficient (Wildman–Crippen LogP) is -15.4. The largest absolute Gasteiger partial charge is 0.452 e. The molecule has 9 aliphatic heterocycles. The van der Waals surface area contributed by atoms with E-state index in [1.165, 1.54) is 29.9 Å². The van der Waals surface area contributed by atoms with Crippen LogP contribution in [0.25, 0.3) is 0 Å². The third kappa shape index (κ3) is 8.64. The minimum absolute atomic E-state index is 0.0417. The van der Waals surface area contributed by atoms with E-state index < -0.39 is 148 Å². The van der Waals surface area contributed by atoms with Crippen LogP contribution in [-0.2, 0) is 41.0 Å². The van der Waals surface area contributed by atoms with Gasteiger partial charge in [0.25, 0.3) is 23.0 Å². The molecule has 38 heteroatoms. The van der Waals surface area contributed by atoms with Gasteiger partial charge < -0.3 is 45.2 Å². The van der Waals surface area contributed by atoms with Crippen LogP contribution in [0.5, 0.6) is 0 Å². The lowest BCUT2D eigenvalue weighted by Crippen LogP contribution is -2.92. The van der Waals surface area contributed by atoms with E-state index in [0.717, 1.165) is 11.0 Å². The summed E-state index contributed by atoms with van der Waals surface area (Å²) in [6.45, 7) is 4.84. The van der Waals surface area contributed by atoms with E-state index >= 15 is 0 Å². The molecule has 0 bridgehead atoms. The zero-order chi connectivity index (χ0) is 61.7. The summed E-state index contributed by atoms with van der Waals surface area (Å²) in [7, 11) is 0. The van der Waals surface area contributed by atoms with Crippen molar-refractivity contribution in [1.29, 1.82) is 0 Å². The Morgan fingerprint density at radius 2 is 0.964 bits per heavy atom. The first-order valence-corrected chi connectivity index (χ1v) is 25.4. The van der Waals surface area contributed by atoms with E-state index in [0.29, 0.717) is 12.8 Å². The Kier molecular flexibility index (Phi) is 13.7. The molecular formula is C45H64F6N18O14+6. The van der Waals surface area contributed by atoms with Crippen molar-refractivity contribution in [3.8, 4) is 0 Å². The van der Waals surface area contributed by atoms with Gasteiger partial charge in [-0.05, 0) is 58.7 Å². The molecular weight excluding hydrogens is 1130 g/mol. The Labute approximate surface area is 463 Å². The first kappa shape index (κ1) is 59.7. The molecule has 11 rings (SSSR count). The molecule has 28 N–H and O–H groups in total. The minimum atomic E-state index is -5.23. The van der Waals surface area contributed by atoms with Gasteiger partial charge in [0.15, 0.2) is 65.8 Å². The second-order valence-corrected chi connectivity index (χ2v) is 22.1. The van der Waals surface area contributed by atoms with Gasteiger partial charge in [-0.25, -0.2) is 34.5 Å². The number of nitrogens with zero attached hydrogens (tertiary/aromatic N) is 3. The highest BCUT2D eigenvalue weighted by molar-refractivity contribution is 5.93. The van der Waals surface area contributed by atoms with Crippen LogP contribution in [0.3, 0.4) is 0 Å². The molecule has 1 aliphatic carbocycles. The third-order valence-electron chi connectivity index (χ3n) is 17.1. The molecule has 12 atom stereocenters. The fraction of sp³-hybridized carbons (Fsp3) is 0.622. The number of carbonyl (C=O) groups excluding carboxylic acids is 5. The summed E-state index contributed by atoms with van der Waals surface area (Å²) in [5.74, 6) is -11.9. The molecule has 3 unspecified atom stereocenters. The molecule has 1 aromatic rings. The number of ether oxygens (including phenoxy) is 2. The van der Waals surface area contributed by atoms with Crippen molar-refractivity contribution < 1.29 is 124 Å². The number of rotatable bonds is 7. The van der Waals surface area contributed by atoms with E-state index in [-0.39, 0.29) is 78.6 Å². The van der Waals surface area contributed by atoms with E-state index in [4.69, 9.17) is 43.9 Å². The van der Waals surface area contributed by atoms with Crippen LogP contribution in [0.4, 0.5) is 26.3 Å². The van der Waals surface area contributed by atoms with Crippen LogP contribution in [0, 0.1) is 5.41 Å². The van der Waals surface area contributed by atoms with Crippen LogP contribution in [0.2, 0.25) is 0 Å². The highest BCUT2D eigenvalue weighted by Crippen LogP contribution is 2.46. The number of alkyl halides is 6. The van der Waals surface area contributed by atoms with Crippen molar-refractivity contribution in [2.24, 2.45) is 39.8 Å². The van der Waals surface area contributed by atoms with Crippen LogP contribution >= 0.6 is 0 Å². The van der Waals surface area contributed by atoms with Gasteiger partial charge in [-0.1, -0.05) is 6.42 Å². The van der Waals surface area contributed by atoms with Crippen molar-refractivity contribution in [2.75, 3.05) is 19.6 Å². The molecule has 1 aromatic carbocycles. The number of nitrogens with two attached hydrogens (primary N) is 6. The van der Waals surface area contributed by atoms with Gasteiger partial charge in [0.2, 0.25) is 0 Å². The van der Waals surface area contributed by atoms with Gasteiger partial charge in [-0.3, -0.25) is 84.5 Å². The number of benzene rings is 1. The van der Waals surface area contributed by atoms with Crippen LogP contribution in [0.1, 0.15) is 68.4 Å². The van der Waals surface area contributed by atoms with E-state index in [2.05, 4.69) is 46.9 Å². The number of carbonyl (C=O) groups is 5. The van der Waals surface area contributed by atoms with Crippen molar-refractivity contribution in [3.63, 3.8) is 0 Å². The number of guanidine groups is 6. The highest BCUT2D eigenvalue weighted by atomic mass is 19.4. The van der Waals surface area contributed by atoms with Crippen molar-refractivity contribution in [3.05, 3.63) is 34.9 Å². The quantitative estimate of drug-likeness (QED) is 0.0522. The first-order chi connectivity index (χ1) is 38.1. The Bertz CT molecular complexity index is 3200. The highest BCUT2D eigenvalue weighted by Gasteiger charge is 2.82. The number of halogens is 6. The Morgan fingerprint density at radius 1 is 0.590 bits per heavy atom. The zero-order valence-corrected chi connectivity index (χ0v) is 44.2. The smallest absolute Gasteiger partial charge is 0.417 e. The molecule has 9 heterocycles. The summed E-state index contributed by atoms with van der Waals surface area (Å²) in [6.07, 6.45) is -12.8. The average Bonchev–Trinajstić information content (AvgIpc) is 1.68. The van der Waals surface area contributed by atoms with E-state index in [1.807, 2.05) is 0 Å². The topological polar surface area (TPSA) is 525 Å². The van der Waals surface area contributed by atoms with Gasteiger partial charge in [0.1, 0.15) is 25.7 Å². The third-order valence-corrected chi connectivity index (χ3v) is 17.1. The summed E-state index contributed by atoms with van der Waals surface area (Å²) in [6, 6.07) is -5.56. The van der Waals surface area contributed by atoms with Crippen LogP contribution in [-0.4, -0.2) is 223 Å². The molecule has 4 fully saturated rings. The fourth-order valence-electron chi connectivity index (χ4n) is 12.7. The molecule has 83 heavy (non-hydrogen) atoms. The lowest BCUT2D eigenvalue weighted by Gasteiger charge is -2.41. The van der Waals surface area contributed by atoms with Crippen LogP contribution in [0.15, 0.2) is 18.2 Å². The maximum absolute atomic E-state index is 13.4. The number of hydrogen-bond donors (Lipinski definition) is 22. The summed E-state index contributed by atoms with van der Waals surface area (Å²) in [5.41, 5.74) is 24.4. The summed E-state index contributed by atoms with van der Waals surface area (Å²) in [4.78, 5) is 69.7. The standard InChI is InChI=1S/C19H18F6N6O5.C16H24N6O5.C10H16N6O4/c1-6(32)11-12-16(30-14(26)29-12)17(34,35)10(5-31(16)15(27)28-11)36-13(33)8-4-7(18(20,21)22)2-3-9(8)19(23,24)25;1-7(23)9-10-15(21-12(17)20-10)16(25,26)8(6-22(15)13(18)19-9)27-11(24)14(2)4-3-5-14;1-3(17)5-6-9(15-7(11)14-6)10(19,20)4(18)2-16(9)8(12)13-5/h2-4,10-12,34-35H,5H2,1H3,(H5,26,27,28,29,30);8-10,25-26H,3-6H2,1-2H3,(H5,17,18,19,20,21);4-6,18-20H,2H2,1H3,(H5,11,12,13,14,15)/p+6/t10-,11?,12-,16-;8-,9?,10-,15-;4-,5?,6-,9-/m000/s1. The Morgan fingerprint density at radius 3 is 1.31 bits per heavy atom. The SMILES string of the molecule is CC(=O)C1NC(N)=[N+]2C[C@H](O)C(O)(O)[C@@]23NC(N)=[NH+][C@@H]13.CC(=O)C1NC(N)=[N+]2C[C@H](OC(=O)C3(C)CCC3)C(O)(O)[C@@]23NC(N)=[NH+][C@@H]13.CC(=O)C1NC(N)=[N+]2C[C@H](OC(=O)c3cc(C(F)(F)F)ccc3C(F)(F)F)C(O)(O)[C@@]23NC(N)=[NH+][C@@H]13.